The Hall–Kier alpha value is -2.02. The molecule has 2 heterocycles. The Morgan fingerprint density at radius 2 is 1.96 bits per heavy atom. The maximum Gasteiger partial charge on any atom is 0.289 e. The molecule has 0 spiro atoms. The molecule has 1 aliphatic heterocycles. The SMILES string of the molecule is CCCCOCCCNC(=NC)N1CCN(C(=O)c2ccco2)CC1. The quantitative estimate of drug-likeness (QED) is 0.440. The van der Waals surface area contributed by atoms with Gasteiger partial charge in [-0.25, -0.2) is 0 Å². The minimum absolute atomic E-state index is 0.0446. The predicted molar refractivity (Wildman–Crippen MR) is 97.9 cm³/mol. The van der Waals surface area contributed by atoms with E-state index in [0.29, 0.717) is 18.8 Å². The number of aliphatic imine (C=N–C) groups is 1. The molecule has 1 aromatic rings. The second-order valence-electron chi connectivity index (χ2n) is 6.05. The molecule has 0 aromatic carbocycles. The summed E-state index contributed by atoms with van der Waals surface area (Å²) in [5, 5.41) is 3.38. The third-order valence-electron chi connectivity index (χ3n) is 4.20. The summed E-state index contributed by atoms with van der Waals surface area (Å²) in [6, 6.07) is 3.44. The molecule has 0 unspecified atom stereocenters. The number of unbranched alkanes of at least 4 members (excludes halogenated alkanes) is 1. The van der Waals surface area contributed by atoms with Gasteiger partial charge in [0.2, 0.25) is 0 Å². The van der Waals surface area contributed by atoms with Crippen LogP contribution in [0.15, 0.2) is 27.8 Å². The molecular weight excluding hydrogens is 320 g/mol. The van der Waals surface area contributed by atoms with Gasteiger partial charge in [0.15, 0.2) is 11.7 Å². The number of nitrogens with zero attached hydrogens (tertiary/aromatic N) is 3. The molecule has 0 saturated carbocycles. The third-order valence-corrected chi connectivity index (χ3v) is 4.20. The Kier molecular flexibility index (Phi) is 8.31. The van der Waals surface area contributed by atoms with Crippen molar-refractivity contribution in [3.63, 3.8) is 0 Å². The van der Waals surface area contributed by atoms with Crippen LogP contribution in [0, 0.1) is 0 Å². The molecule has 7 heteroatoms. The van der Waals surface area contributed by atoms with E-state index < -0.39 is 0 Å². The van der Waals surface area contributed by atoms with E-state index >= 15 is 0 Å². The standard InChI is InChI=1S/C18H30N4O3/c1-3-4-13-24-14-6-8-20-18(19-2)22-11-9-21(10-12-22)17(23)16-7-5-15-25-16/h5,7,15H,3-4,6,8-14H2,1-2H3,(H,19,20). The molecule has 140 valence electrons. The van der Waals surface area contributed by atoms with Crippen LogP contribution < -0.4 is 5.32 Å². The van der Waals surface area contributed by atoms with Crippen LogP contribution in [0.25, 0.3) is 0 Å². The molecule has 1 fully saturated rings. The van der Waals surface area contributed by atoms with Crippen molar-refractivity contribution < 1.29 is 13.9 Å². The number of nitrogens with one attached hydrogen (secondary N) is 1. The minimum atomic E-state index is -0.0446. The van der Waals surface area contributed by atoms with Crippen LogP contribution >= 0.6 is 0 Å². The Morgan fingerprint density at radius 3 is 2.60 bits per heavy atom. The highest BCUT2D eigenvalue weighted by atomic mass is 16.5. The molecule has 1 saturated heterocycles. The average molecular weight is 350 g/mol. The lowest BCUT2D eigenvalue weighted by atomic mass is 10.3. The summed E-state index contributed by atoms with van der Waals surface area (Å²) in [6.45, 7) is 7.48. The van der Waals surface area contributed by atoms with Crippen LogP contribution in [-0.4, -0.2) is 74.7 Å². The van der Waals surface area contributed by atoms with Gasteiger partial charge in [-0.15, -0.1) is 0 Å². The van der Waals surface area contributed by atoms with Gasteiger partial charge >= 0.3 is 0 Å². The van der Waals surface area contributed by atoms with Crippen molar-refractivity contribution in [3.8, 4) is 0 Å². The van der Waals surface area contributed by atoms with Gasteiger partial charge in [0.1, 0.15) is 0 Å². The molecule has 1 aliphatic rings. The number of rotatable bonds is 8. The highest BCUT2D eigenvalue weighted by molar-refractivity contribution is 5.91. The first kappa shape index (κ1) is 19.3. The topological polar surface area (TPSA) is 70.3 Å². The zero-order chi connectivity index (χ0) is 17.9. The Bertz CT molecular complexity index is 522. The number of carbonyl (C=O) groups is 1. The van der Waals surface area contributed by atoms with Crippen molar-refractivity contribution in [1.29, 1.82) is 0 Å². The van der Waals surface area contributed by atoms with Crippen LogP contribution in [0.5, 0.6) is 0 Å². The zero-order valence-electron chi connectivity index (χ0n) is 15.4. The minimum Gasteiger partial charge on any atom is -0.459 e. The van der Waals surface area contributed by atoms with E-state index in [2.05, 4.69) is 22.1 Å². The van der Waals surface area contributed by atoms with Gasteiger partial charge in [0.05, 0.1) is 6.26 Å². The van der Waals surface area contributed by atoms with Crippen molar-refractivity contribution in [3.05, 3.63) is 24.2 Å². The molecule has 25 heavy (non-hydrogen) atoms. The van der Waals surface area contributed by atoms with Crippen molar-refractivity contribution in [1.82, 2.24) is 15.1 Å². The smallest absolute Gasteiger partial charge is 0.289 e. The number of hydrogen-bond acceptors (Lipinski definition) is 4. The lowest BCUT2D eigenvalue weighted by Gasteiger charge is -2.36. The summed E-state index contributed by atoms with van der Waals surface area (Å²) in [6.07, 6.45) is 4.77. The Labute approximate surface area is 150 Å². The van der Waals surface area contributed by atoms with Crippen LogP contribution in [-0.2, 0) is 4.74 Å². The predicted octanol–water partition coefficient (Wildman–Crippen LogP) is 1.82. The van der Waals surface area contributed by atoms with Crippen LogP contribution in [0.4, 0.5) is 0 Å². The van der Waals surface area contributed by atoms with Crippen molar-refractivity contribution in [2.45, 2.75) is 26.2 Å². The number of guanidine groups is 1. The fourth-order valence-corrected chi connectivity index (χ4v) is 2.73. The van der Waals surface area contributed by atoms with Crippen molar-refractivity contribution in [2.24, 2.45) is 4.99 Å². The highest BCUT2D eigenvalue weighted by Gasteiger charge is 2.24. The monoisotopic (exact) mass is 350 g/mol. The number of piperazine rings is 1. The maximum atomic E-state index is 12.3. The fourth-order valence-electron chi connectivity index (χ4n) is 2.73. The lowest BCUT2D eigenvalue weighted by Crippen LogP contribution is -2.53. The Balaban J connectivity index is 1.67. The van der Waals surface area contributed by atoms with E-state index in [0.717, 1.165) is 51.6 Å². The van der Waals surface area contributed by atoms with Crippen LogP contribution in [0.1, 0.15) is 36.7 Å². The first-order valence-corrected chi connectivity index (χ1v) is 9.12. The second kappa shape index (κ2) is 10.8. The summed E-state index contributed by atoms with van der Waals surface area (Å²) in [5.74, 6) is 1.24. The molecular formula is C18H30N4O3. The number of hydrogen-bond donors (Lipinski definition) is 1. The average Bonchev–Trinajstić information content (AvgIpc) is 3.18. The molecule has 1 N–H and O–H groups in total. The first-order valence-electron chi connectivity index (χ1n) is 9.12. The Morgan fingerprint density at radius 1 is 1.24 bits per heavy atom. The number of carbonyl (C=O) groups excluding carboxylic acids is 1. The largest absolute Gasteiger partial charge is 0.459 e. The summed E-state index contributed by atoms with van der Waals surface area (Å²) in [4.78, 5) is 20.6. The number of furan rings is 1. The van der Waals surface area contributed by atoms with Crippen molar-refractivity contribution >= 4 is 11.9 Å². The lowest BCUT2D eigenvalue weighted by molar-refractivity contribution is 0.0657. The first-order chi connectivity index (χ1) is 12.3. The van der Waals surface area contributed by atoms with Gasteiger partial charge in [-0.2, -0.15) is 0 Å². The van der Waals surface area contributed by atoms with Crippen molar-refractivity contribution in [2.75, 3.05) is 53.0 Å². The highest BCUT2D eigenvalue weighted by Crippen LogP contribution is 2.09. The molecule has 0 atom stereocenters. The summed E-state index contributed by atoms with van der Waals surface area (Å²) < 4.78 is 10.8. The molecule has 0 aliphatic carbocycles. The zero-order valence-corrected chi connectivity index (χ0v) is 15.4. The van der Waals surface area contributed by atoms with Gasteiger partial charge in [-0.05, 0) is 25.0 Å². The van der Waals surface area contributed by atoms with Gasteiger partial charge in [-0.3, -0.25) is 9.79 Å². The van der Waals surface area contributed by atoms with Crippen LogP contribution in [0.2, 0.25) is 0 Å². The molecule has 0 bridgehead atoms. The van der Waals surface area contributed by atoms with E-state index in [9.17, 15) is 4.79 Å². The van der Waals surface area contributed by atoms with Gasteiger partial charge in [-0.1, -0.05) is 13.3 Å². The summed E-state index contributed by atoms with van der Waals surface area (Å²) >= 11 is 0. The van der Waals surface area contributed by atoms with Gasteiger partial charge in [0, 0.05) is 53.0 Å². The van der Waals surface area contributed by atoms with Gasteiger partial charge in [0.25, 0.3) is 5.91 Å². The fraction of sp³-hybridized carbons (Fsp3) is 0.667. The normalized spacial score (nSPS) is 15.5. The second-order valence-corrected chi connectivity index (χ2v) is 6.05. The van der Waals surface area contributed by atoms with E-state index in [1.54, 1.807) is 19.2 Å². The molecule has 2 rings (SSSR count). The molecule has 7 nitrogen and oxygen atoms in total. The van der Waals surface area contributed by atoms with E-state index in [1.165, 1.54) is 12.7 Å². The summed E-state index contributed by atoms with van der Waals surface area (Å²) in [7, 11) is 1.79. The third kappa shape index (κ3) is 6.08. The molecule has 1 aromatic heterocycles. The number of amides is 1. The summed E-state index contributed by atoms with van der Waals surface area (Å²) in [5.41, 5.74) is 0. The maximum absolute atomic E-state index is 12.3. The number of ether oxygens (including phenoxy) is 1. The molecule has 1 amide bonds. The van der Waals surface area contributed by atoms with E-state index in [4.69, 9.17) is 9.15 Å². The molecule has 0 radical (unpaired) electrons. The van der Waals surface area contributed by atoms with E-state index in [1.807, 2.05) is 4.90 Å². The van der Waals surface area contributed by atoms with E-state index in [-0.39, 0.29) is 5.91 Å². The van der Waals surface area contributed by atoms with Crippen LogP contribution in [0.3, 0.4) is 0 Å². The van der Waals surface area contributed by atoms with Gasteiger partial charge < -0.3 is 24.3 Å².